The van der Waals surface area contributed by atoms with E-state index in [1.165, 1.54) is 6.07 Å². The summed E-state index contributed by atoms with van der Waals surface area (Å²) in [5, 5.41) is 13.9. The molecule has 0 atom stereocenters. The Morgan fingerprint density at radius 3 is 2.33 bits per heavy atom. The van der Waals surface area contributed by atoms with E-state index in [2.05, 4.69) is 21.2 Å². The van der Waals surface area contributed by atoms with Gasteiger partial charge in [0.05, 0.1) is 4.92 Å². The number of benzene rings is 1. The fourth-order valence-corrected chi connectivity index (χ4v) is 1.92. The minimum absolute atomic E-state index is 0.102. The minimum atomic E-state index is -1.10. The Balaban J connectivity index is 3.06. The molecule has 1 aromatic rings. The third kappa shape index (κ3) is 5.00. The van der Waals surface area contributed by atoms with Gasteiger partial charge in [0.1, 0.15) is 16.8 Å². The number of carbonyl (C=O) groups excluding carboxylic acids is 1. The summed E-state index contributed by atoms with van der Waals surface area (Å²) in [7, 11) is 0. The number of nitro benzene ring substituents is 1. The first-order valence-corrected chi connectivity index (χ1v) is 7.17. The third-order valence-corrected chi connectivity index (χ3v) is 3.00. The lowest BCUT2D eigenvalue weighted by molar-refractivity contribution is -0.384. The number of ether oxygens (including phenoxy) is 1. The van der Waals surface area contributed by atoms with E-state index in [-0.39, 0.29) is 11.4 Å². The van der Waals surface area contributed by atoms with Crippen molar-refractivity contribution >= 4 is 33.3 Å². The smallest absolute Gasteiger partial charge is 0.331 e. The SMILES string of the molecule is CC(C)(C)OC(=O)C(C)(C)Nc1cc(Br)ccc1[N+](=O)[O-]. The van der Waals surface area contributed by atoms with E-state index >= 15 is 0 Å². The molecular weight excluding hydrogens is 340 g/mol. The number of hydrogen-bond donors (Lipinski definition) is 1. The van der Waals surface area contributed by atoms with E-state index in [0.717, 1.165) is 0 Å². The first-order valence-electron chi connectivity index (χ1n) is 6.38. The van der Waals surface area contributed by atoms with Crippen molar-refractivity contribution in [2.45, 2.75) is 45.8 Å². The fourth-order valence-electron chi connectivity index (χ4n) is 1.56. The van der Waals surface area contributed by atoms with Crippen molar-refractivity contribution in [2.24, 2.45) is 0 Å². The Hall–Kier alpha value is -1.63. The monoisotopic (exact) mass is 358 g/mol. The van der Waals surface area contributed by atoms with Crippen molar-refractivity contribution in [1.82, 2.24) is 0 Å². The molecule has 1 aromatic carbocycles. The molecule has 0 aliphatic heterocycles. The molecule has 0 fully saturated rings. The average molecular weight is 359 g/mol. The van der Waals surface area contributed by atoms with Gasteiger partial charge in [-0.3, -0.25) is 10.1 Å². The van der Waals surface area contributed by atoms with Crippen LogP contribution in [0.4, 0.5) is 11.4 Å². The maximum absolute atomic E-state index is 12.2. The van der Waals surface area contributed by atoms with Gasteiger partial charge in [-0.25, -0.2) is 4.79 Å². The molecular formula is C14H19BrN2O4. The molecule has 0 unspecified atom stereocenters. The molecule has 0 amide bonds. The fraction of sp³-hybridized carbons (Fsp3) is 0.500. The highest BCUT2D eigenvalue weighted by Gasteiger charge is 2.34. The van der Waals surface area contributed by atoms with Crippen molar-refractivity contribution in [3.05, 3.63) is 32.8 Å². The van der Waals surface area contributed by atoms with Crippen molar-refractivity contribution < 1.29 is 14.5 Å². The summed E-state index contributed by atoms with van der Waals surface area (Å²) in [5.74, 6) is -0.482. The molecule has 1 rings (SSSR count). The van der Waals surface area contributed by atoms with Gasteiger partial charge in [0.15, 0.2) is 0 Å². The van der Waals surface area contributed by atoms with Crippen molar-refractivity contribution in [3.63, 3.8) is 0 Å². The van der Waals surface area contributed by atoms with Crippen LogP contribution in [-0.2, 0) is 9.53 Å². The molecule has 0 saturated heterocycles. The molecule has 0 aliphatic rings. The largest absolute Gasteiger partial charge is 0.458 e. The molecule has 21 heavy (non-hydrogen) atoms. The molecule has 0 aliphatic carbocycles. The molecule has 0 aromatic heterocycles. The molecule has 1 N–H and O–H groups in total. The van der Waals surface area contributed by atoms with E-state index < -0.39 is 22.0 Å². The molecule has 0 bridgehead atoms. The first-order chi connectivity index (χ1) is 9.42. The van der Waals surface area contributed by atoms with E-state index in [4.69, 9.17) is 4.74 Å². The van der Waals surface area contributed by atoms with Crippen LogP contribution in [-0.4, -0.2) is 22.0 Å². The number of rotatable bonds is 4. The zero-order chi connectivity index (χ0) is 16.4. The summed E-state index contributed by atoms with van der Waals surface area (Å²) in [4.78, 5) is 22.7. The number of nitrogens with one attached hydrogen (secondary N) is 1. The molecule has 6 nitrogen and oxygen atoms in total. The van der Waals surface area contributed by atoms with Crippen LogP contribution in [0.2, 0.25) is 0 Å². The first kappa shape index (κ1) is 17.4. The Labute approximate surface area is 132 Å². The Morgan fingerprint density at radius 2 is 1.86 bits per heavy atom. The van der Waals surface area contributed by atoms with Crippen molar-refractivity contribution in [3.8, 4) is 0 Å². The van der Waals surface area contributed by atoms with Gasteiger partial charge < -0.3 is 10.1 Å². The number of halogens is 1. The van der Waals surface area contributed by atoms with Gasteiger partial charge in [-0.05, 0) is 46.8 Å². The topological polar surface area (TPSA) is 81.5 Å². The van der Waals surface area contributed by atoms with Gasteiger partial charge in [0.25, 0.3) is 5.69 Å². The minimum Gasteiger partial charge on any atom is -0.458 e. The third-order valence-electron chi connectivity index (χ3n) is 2.51. The summed E-state index contributed by atoms with van der Waals surface area (Å²) in [6.07, 6.45) is 0. The zero-order valence-corrected chi connectivity index (χ0v) is 14.3. The van der Waals surface area contributed by atoms with Crippen LogP contribution in [0.1, 0.15) is 34.6 Å². The van der Waals surface area contributed by atoms with Crippen molar-refractivity contribution in [2.75, 3.05) is 5.32 Å². The Kier molecular flexibility index (Phi) is 4.99. The quantitative estimate of drug-likeness (QED) is 0.501. The number of esters is 1. The highest BCUT2D eigenvalue weighted by atomic mass is 79.9. The average Bonchev–Trinajstić information content (AvgIpc) is 2.25. The van der Waals surface area contributed by atoms with E-state index in [0.29, 0.717) is 4.47 Å². The second-order valence-corrected chi connectivity index (χ2v) is 7.09. The molecule has 0 spiro atoms. The Bertz CT molecular complexity index is 565. The lowest BCUT2D eigenvalue weighted by Gasteiger charge is -2.29. The van der Waals surface area contributed by atoms with Crippen LogP contribution < -0.4 is 5.32 Å². The zero-order valence-electron chi connectivity index (χ0n) is 12.7. The molecule has 0 heterocycles. The van der Waals surface area contributed by atoms with Crippen LogP contribution >= 0.6 is 15.9 Å². The second-order valence-electron chi connectivity index (χ2n) is 6.17. The van der Waals surface area contributed by atoms with Gasteiger partial charge in [0.2, 0.25) is 0 Å². The normalized spacial score (nSPS) is 11.9. The van der Waals surface area contributed by atoms with E-state index in [1.54, 1.807) is 46.8 Å². The molecule has 0 saturated carbocycles. The number of hydrogen-bond acceptors (Lipinski definition) is 5. The predicted molar refractivity (Wildman–Crippen MR) is 84.3 cm³/mol. The van der Waals surface area contributed by atoms with Gasteiger partial charge in [-0.2, -0.15) is 0 Å². The number of anilines is 1. The highest BCUT2D eigenvalue weighted by molar-refractivity contribution is 9.10. The van der Waals surface area contributed by atoms with E-state index in [1.807, 2.05) is 0 Å². The lowest BCUT2D eigenvalue weighted by atomic mass is 10.0. The summed E-state index contributed by atoms with van der Waals surface area (Å²) in [6.45, 7) is 8.53. The molecule has 7 heteroatoms. The lowest BCUT2D eigenvalue weighted by Crippen LogP contribution is -2.44. The van der Waals surface area contributed by atoms with Crippen LogP contribution in [0.25, 0.3) is 0 Å². The summed E-state index contributed by atoms with van der Waals surface area (Å²) >= 11 is 3.26. The summed E-state index contributed by atoms with van der Waals surface area (Å²) < 4.78 is 6.00. The van der Waals surface area contributed by atoms with Crippen molar-refractivity contribution in [1.29, 1.82) is 0 Å². The van der Waals surface area contributed by atoms with Crippen LogP contribution in [0, 0.1) is 10.1 Å². The van der Waals surface area contributed by atoms with E-state index in [9.17, 15) is 14.9 Å². The van der Waals surface area contributed by atoms with Gasteiger partial charge in [-0.15, -0.1) is 0 Å². The highest BCUT2D eigenvalue weighted by Crippen LogP contribution is 2.31. The molecule has 0 radical (unpaired) electrons. The maximum atomic E-state index is 12.2. The summed E-state index contributed by atoms with van der Waals surface area (Å²) in [5.41, 5.74) is -1.57. The van der Waals surface area contributed by atoms with Gasteiger partial charge in [-0.1, -0.05) is 15.9 Å². The van der Waals surface area contributed by atoms with Crippen LogP contribution in [0.15, 0.2) is 22.7 Å². The second kappa shape index (κ2) is 6.01. The standard InChI is InChI=1S/C14H19BrN2O4/c1-13(2,3)21-12(18)14(4,5)16-10-8-9(15)6-7-11(10)17(19)20/h6-8,16H,1-5H3. The maximum Gasteiger partial charge on any atom is 0.331 e. The van der Waals surface area contributed by atoms with Crippen LogP contribution in [0.5, 0.6) is 0 Å². The van der Waals surface area contributed by atoms with Gasteiger partial charge >= 0.3 is 5.97 Å². The number of nitro groups is 1. The summed E-state index contributed by atoms with van der Waals surface area (Å²) in [6, 6.07) is 4.51. The number of nitrogens with zero attached hydrogens (tertiary/aromatic N) is 1. The number of carbonyl (C=O) groups is 1. The van der Waals surface area contributed by atoms with Crippen LogP contribution in [0.3, 0.4) is 0 Å². The predicted octanol–water partition coefficient (Wildman–Crippen LogP) is 3.89. The van der Waals surface area contributed by atoms with Gasteiger partial charge in [0, 0.05) is 10.5 Å². The molecule has 116 valence electrons. The Morgan fingerprint density at radius 1 is 1.29 bits per heavy atom.